The van der Waals surface area contributed by atoms with Gasteiger partial charge in [-0.15, -0.1) is 0 Å². The second-order valence-corrected chi connectivity index (χ2v) is 3.48. The first-order valence-corrected chi connectivity index (χ1v) is 5.23. The summed E-state index contributed by atoms with van der Waals surface area (Å²) in [6, 6.07) is 6.88. The maximum absolute atomic E-state index is 12.5. The van der Waals surface area contributed by atoms with Crippen LogP contribution in [0.3, 0.4) is 0 Å². The standard InChI is InChI=1S/C13H14FN3O/c1-17-10(7-14)6-12(16)11-5-9(8-15)3-4-13(11)18-2/h3-6H,7,16H2,1-2H3. The lowest BCUT2D eigenvalue weighted by Crippen LogP contribution is -2.05. The van der Waals surface area contributed by atoms with E-state index in [-0.39, 0.29) is 5.71 Å². The predicted molar refractivity (Wildman–Crippen MR) is 69.2 cm³/mol. The smallest absolute Gasteiger partial charge is 0.131 e. The normalized spacial score (nSPS) is 12.1. The first kappa shape index (κ1) is 13.7. The fraction of sp³-hybridized carbons (Fsp3) is 0.231. The molecular formula is C13H14FN3O. The number of nitrogens with zero attached hydrogens (tertiary/aromatic N) is 2. The lowest BCUT2D eigenvalue weighted by atomic mass is 10.1. The topological polar surface area (TPSA) is 71.4 Å². The molecule has 0 bridgehead atoms. The molecule has 1 aromatic rings. The Morgan fingerprint density at radius 3 is 2.83 bits per heavy atom. The van der Waals surface area contributed by atoms with Gasteiger partial charge in [-0.05, 0) is 24.3 Å². The maximum atomic E-state index is 12.5. The van der Waals surface area contributed by atoms with E-state index in [1.54, 1.807) is 18.2 Å². The summed E-state index contributed by atoms with van der Waals surface area (Å²) >= 11 is 0. The van der Waals surface area contributed by atoms with E-state index in [2.05, 4.69) is 4.99 Å². The predicted octanol–water partition coefficient (Wildman–Crippen LogP) is 1.91. The molecule has 94 valence electrons. The van der Waals surface area contributed by atoms with Crippen molar-refractivity contribution in [2.45, 2.75) is 0 Å². The number of rotatable bonds is 4. The number of allylic oxidation sites excluding steroid dienone is 1. The number of alkyl halides is 1. The lowest BCUT2D eigenvalue weighted by molar-refractivity contribution is 0.413. The van der Waals surface area contributed by atoms with E-state index in [1.807, 2.05) is 6.07 Å². The van der Waals surface area contributed by atoms with Crippen LogP contribution in [0.2, 0.25) is 0 Å². The fourth-order valence-electron chi connectivity index (χ4n) is 1.42. The van der Waals surface area contributed by atoms with Crippen molar-refractivity contribution in [2.24, 2.45) is 10.7 Å². The number of hydrogen-bond donors (Lipinski definition) is 1. The van der Waals surface area contributed by atoms with Gasteiger partial charge in [0, 0.05) is 18.3 Å². The van der Waals surface area contributed by atoms with Crippen LogP contribution in [0.1, 0.15) is 11.1 Å². The lowest BCUT2D eigenvalue weighted by Gasteiger charge is -2.09. The first-order valence-electron chi connectivity index (χ1n) is 5.23. The van der Waals surface area contributed by atoms with Crippen molar-refractivity contribution in [3.05, 3.63) is 35.4 Å². The molecule has 0 saturated heterocycles. The van der Waals surface area contributed by atoms with Crippen LogP contribution < -0.4 is 10.5 Å². The minimum Gasteiger partial charge on any atom is -0.496 e. The van der Waals surface area contributed by atoms with Crippen LogP contribution in [-0.4, -0.2) is 26.5 Å². The molecule has 0 saturated carbocycles. The summed E-state index contributed by atoms with van der Waals surface area (Å²) in [5.41, 5.74) is 7.42. The monoisotopic (exact) mass is 247 g/mol. The first-order chi connectivity index (χ1) is 8.65. The van der Waals surface area contributed by atoms with Gasteiger partial charge in [0.05, 0.1) is 24.5 Å². The average molecular weight is 247 g/mol. The molecule has 0 atom stereocenters. The number of nitrogens with two attached hydrogens (primary N) is 1. The van der Waals surface area contributed by atoms with Gasteiger partial charge in [0.2, 0.25) is 0 Å². The molecule has 18 heavy (non-hydrogen) atoms. The molecule has 1 aromatic carbocycles. The number of nitriles is 1. The largest absolute Gasteiger partial charge is 0.496 e. The Hall–Kier alpha value is -2.35. The third-order valence-corrected chi connectivity index (χ3v) is 2.39. The second kappa shape index (κ2) is 6.40. The molecule has 5 heteroatoms. The third-order valence-electron chi connectivity index (χ3n) is 2.39. The zero-order valence-electron chi connectivity index (χ0n) is 10.3. The minimum absolute atomic E-state index is 0.233. The summed E-state index contributed by atoms with van der Waals surface area (Å²) in [6.07, 6.45) is 1.43. The van der Waals surface area contributed by atoms with Crippen molar-refractivity contribution in [3.63, 3.8) is 0 Å². The molecule has 0 aliphatic rings. The Morgan fingerprint density at radius 1 is 1.61 bits per heavy atom. The van der Waals surface area contributed by atoms with Gasteiger partial charge < -0.3 is 10.5 Å². The van der Waals surface area contributed by atoms with Gasteiger partial charge in [-0.1, -0.05) is 0 Å². The van der Waals surface area contributed by atoms with Crippen LogP contribution in [0.5, 0.6) is 5.75 Å². The summed E-state index contributed by atoms with van der Waals surface area (Å²) in [4.78, 5) is 3.75. The Kier molecular flexibility index (Phi) is 4.88. The Bertz CT molecular complexity index is 530. The highest BCUT2D eigenvalue weighted by molar-refractivity contribution is 6.01. The molecule has 0 aliphatic heterocycles. The molecular weight excluding hydrogens is 233 g/mol. The molecule has 0 fully saturated rings. The van der Waals surface area contributed by atoms with E-state index in [4.69, 9.17) is 15.7 Å². The molecule has 0 aromatic heterocycles. The molecule has 2 N–H and O–H groups in total. The number of benzene rings is 1. The van der Waals surface area contributed by atoms with Gasteiger partial charge in [-0.3, -0.25) is 4.99 Å². The second-order valence-electron chi connectivity index (χ2n) is 3.48. The number of ether oxygens (including phenoxy) is 1. The summed E-state index contributed by atoms with van der Waals surface area (Å²) < 4.78 is 17.7. The minimum atomic E-state index is -0.697. The van der Waals surface area contributed by atoms with Crippen LogP contribution >= 0.6 is 0 Å². The molecule has 0 heterocycles. The van der Waals surface area contributed by atoms with Crippen LogP contribution in [0.15, 0.2) is 29.3 Å². The fourth-order valence-corrected chi connectivity index (χ4v) is 1.42. The quantitative estimate of drug-likeness (QED) is 0.826. The Labute approximate surface area is 105 Å². The van der Waals surface area contributed by atoms with Gasteiger partial charge in [0.1, 0.15) is 12.4 Å². The van der Waals surface area contributed by atoms with Gasteiger partial charge in [0.15, 0.2) is 0 Å². The summed E-state index contributed by atoms with van der Waals surface area (Å²) in [5, 5.41) is 8.85. The van der Waals surface area contributed by atoms with E-state index in [0.29, 0.717) is 22.6 Å². The molecule has 0 amide bonds. The third kappa shape index (κ3) is 3.08. The summed E-state index contributed by atoms with van der Waals surface area (Å²) in [6.45, 7) is -0.697. The van der Waals surface area contributed by atoms with Crippen LogP contribution in [0.25, 0.3) is 5.70 Å². The Morgan fingerprint density at radius 2 is 2.33 bits per heavy atom. The summed E-state index contributed by atoms with van der Waals surface area (Å²) in [5.74, 6) is 0.525. The molecule has 1 rings (SSSR count). The molecule has 0 aliphatic carbocycles. The van der Waals surface area contributed by atoms with Crippen molar-refractivity contribution in [1.29, 1.82) is 5.26 Å². The molecule has 4 nitrogen and oxygen atoms in total. The van der Waals surface area contributed by atoms with E-state index in [9.17, 15) is 4.39 Å². The van der Waals surface area contributed by atoms with Crippen LogP contribution in [0, 0.1) is 11.3 Å². The summed E-state index contributed by atoms with van der Waals surface area (Å²) in [7, 11) is 2.99. The molecule has 0 spiro atoms. The van der Waals surface area contributed by atoms with Crippen molar-refractivity contribution in [1.82, 2.24) is 0 Å². The van der Waals surface area contributed by atoms with Gasteiger partial charge >= 0.3 is 0 Å². The highest BCUT2D eigenvalue weighted by Crippen LogP contribution is 2.24. The van der Waals surface area contributed by atoms with Crippen molar-refractivity contribution < 1.29 is 9.13 Å². The number of hydrogen-bond acceptors (Lipinski definition) is 4. The van der Waals surface area contributed by atoms with Crippen molar-refractivity contribution in [3.8, 4) is 11.8 Å². The van der Waals surface area contributed by atoms with E-state index in [0.717, 1.165) is 0 Å². The zero-order chi connectivity index (χ0) is 13.5. The number of methoxy groups -OCH3 is 1. The van der Waals surface area contributed by atoms with Gasteiger partial charge in [-0.25, -0.2) is 4.39 Å². The van der Waals surface area contributed by atoms with Gasteiger partial charge in [-0.2, -0.15) is 5.26 Å². The van der Waals surface area contributed by atoms with Gasteiger partial charge in [0.25, 0.3) is 0 Å². The highest BCUT2D eigenvalue weighted by Gasteiger charge is 2.08. The SMILES string of the molecule is CN=C(C=C(N)c1cc(C#N)ccc1OC)CF. The van der Waals surface area contributed by atoms with Crippen LogP contribution in [-0.2, 0) is 0 Å². The van der Waals surface area contributed by atoms with Crippen molar-refractivity contribution >= 4 is 11.4 Å². The van der Waals surface area contributed by atoms with Crippen molar-refractivity contribution in [2.75, 3.05) is 20.8 Å². The Balaban J connectivity index is 3.27. The molecule has 0 radical (unpaired) electrons. The van der Waals surface area contributed by atoms with E-state index in [1.165, 1.54) is 20.2 Å². The van der Waals surface area contributed by atoms with Crippen LogP contribution in [0.4, 0.5) is 4.39 Å². The van der Waals surface area contributed by atoms with E-state index < -0.39 is 6.67 Å². The maximum Gasteiger partial charge on any atom is 0.131 e. The highest BCUT2D eigenvalue weighted by atomic mass is 19.1. The zero-order valence-corrected chi connectivity index (χ0v) is 10.3. The average Bonchev–Trinajstić information content (AvgIpc) is 2.43. The number of aliphatic imine (C=N–C) groups is 1. The molecule has 0 unspecified atom stereocenters. The number of halogens is 1. The van der Waals surface area contributed by atoms with E-state index >= 15 is 0 Å².